The van der Waals surface area contributed by atoms with Gasteiger partial charge in [0.05, 0.1) is 17.9 Å². The number of halogens is 3. The first-order chi connectivity index (χ1) is 10.4. The van der Waals surface area contributed by atoms with Crippen LogP contribution in [0.3, 0.4) is 0 Å². The van der Waals surface area contributed by atoms with Crippen LogP contribution in [0.25, 0.3) is 0 Å². The van der Waals surface area contributed by atoms with Gasteiger partial charge >= 0.3 is 6.18 Å². The van der Waals surface area contributed by atoms with Crippen LogP contribution in [0.1, 0.15) is 38.1 Å². The van der Waals surface area contributed by atoms with Gasteiger partial charge in [0.15, 0.2) is 0 Å². The van der Waals surface area contributed by atoms with E-state index in [1.54, 1.807) is 0 Å². The van der Waals surface area contributed by atoms with Crippen LogP contribution >= 0.6 is 0 Å². The molecule has 0 spiro atoms. The summed E-state index contributed by atoms with van der Waals surface area (Å²) in [5, 5.41) is 11.4. The van der Waals surface area contributed by atoms with E-state index in [-0.39, 0.29) is 6.04 Å². The number of aryl methyl sites for hydroxylation is 2. The van der Waals surface area contributed by atoms with Crippen LogP contribution in [0.4, 0.5) is 19.1 Å². The van der Waals surface area contributed by atoms with E-state index in [0.717, 1.165) is 24.2 Å². The molecule has 0 saturated carbocycles. The summed E-state index contributed by atoms with van der Waals surface area (Å²) in [5.41, 5.74) is 1.82. The fraction of sp³-hybridized carbons (Fsp3) is 0.786. The van der Waals surface area contributed by atoms with Gasteiger partial charge in [-0.1, -0.05) is 13.8 Å². The molecule has 22 heavy (non-hydrogen) atoms. The van der Waals surface area contributed by atoms with Gasteiger partial charge < -0.3 is 5.32 Å². The number of anilines is 1. The standard InChI is InChI=1S/C14H22F3N5/c1-3-11-12(4-2)20-21-13(19-11)18-10-5-7-22(8-6-10)9-14(15,16)17/h10H,3-9H2,1-2H3,(H,18,19,21). The van der Waals surface area contributed by atoms with Crippen LogP contribution in [0.2, 0.25) is 0 Å². The molecule has 8 heteroatoms. The first-order valence-corrected chi connectivity index (χ1v) is 7.69. The Kier molecular flexibility index (Phi) is 5.55. The average Bonchev–Trinajstić information content (AvgIpc) is 2.47. The Bertz CT molecular complexity index is 484. The first kappa shape index (κ1) is 16.9. The number of rotatable bonds is 5. The van der Waals surface area contributed by atoms with Gasteiger partial charge in [-0.15, -0.1) is 5.10 Å². The van der Waals surface area contributed by atoms with Crippen molar-refractivity contribution in [1.82, 2.24) is 20.1 Å². The maximum atomic E-state index is 12.4. The maximum Gasteiger partial charge on any atom is 0.401 e. The third-order valence-electron chi connectivity index (χ3n) is 3.83. The Morgan fingerprint density at radius 1 is 1.09 bits per heavy atom. The highest BCUT2D eigenvalue weighted by molar-refractivity contribution is 5.27. The zero-order valence-electron chi connectivity index (χ0n) is 12.9. The number of nitrogens with zero attached hydrogens (tertiary/aromatic N) is 4. The summed E-state index contributed by atoms with van der Waals surface area (Å²) in [6, 6.07) is 0.100. The van der Waals surface area contributed by atoms with Crippen molar-refractivity contribution < 1.29 is 13.2 Å². The van der Waals surface area contributed by atoms with E-state index in [9.17, 15) is 13.2 Å². The van der Waals surface area contributed by atoms with Crippen molar-refractivity contribution in [2.45, 2.75) is 51.7 Å². The van der Waals surface area contributed by atoms with Crippen LogP contribution in [0.5, 0.6) is 0 Å². The molecule has 1 aromatic rings. The highest BCUT2D eigenvalue weighted by Gasteiger charge is 2.32. The molecular formula is C14H22F3N5. The summed E-state index contributed by atoms with van der Waals surface area (Å²) in [7, 11) is 0. The van der Waals surface area contributed by atoms with Gasteiger partial charge in [0.1, 0.15) is 0 Å². The van der Waals surface area contributed by atoms with Crippen molar-refractivity contribution in [3.05, 3.63) is 11.4 Å². The van der Waals surface area contributed by atoms with Crippen molar-refractivity contribution in [3.63, 3.8) is 0 Å². The minimum atomic E-state index is -4.13. The van der Waals surface area contributed by atoms with Gasteiger partial charge in [0.2, 0.25) is 5.95 Å². The van der Waals surface area contributed by atoms with E-state index in [4.69, 9.17) is 0 Å². The van der Waals surface area contributed by atoms with Gasteiger partial charge in [-0.2, -0.15) is 18.3 Å². The third kappa shape index (κ3) is 4.79. The quantitative estimate of drug-likeness (QED) is 0.904. The number of hydrogen-bond donors (Lipinski definition) is 1. The molecule has 124 valence electrons. The minimum absolute atomic E-state index is 0.100. The van der Waals surface area contributed by atoms with Gasteiger partial charge in [0.25, 0.3) is 0 Å². The molecule has 0 amide bonds. The highest BCUT2D eigenvalue weighted by atomic mass is 19.4. The predicted molar refractivity (Wildman–Crippen MR) is 77.7 cm³/mol. The average molecular weight is 317 g/mol. The van der Waals surface area contributed by atoms with E-state index in [0.29, 0.717) is 31.9 Å². The zero-order chi connectivity index (χ0) is 16.2. The van der Waals surface area contributed by atoms with E-state index < -0.39 is 12.7 Å². The second-order valence-corrected chi connectivity index (χ2v) is 5.55. The van der Waals surface area contributed by atoms with Crippen molar-refractivity contribution in [2.24, 2.45) is 0 Å². The second kappa shape index (κ2) is 7.21. The molecule has 0 bridgehead atoms. The lowest BCUT2D eigenvalue weighted by atomic mass is 10.1. The van der Waals surface area contributed by atoms with Crippen molar-refractivity contribution in [1.29, 1.82) is 0 Å². The van der Waals surface area contributed by atoms with E-state index in [1.807, 2.05) is 13.8 Å². The number of likely N-dealkylation sites (tertiary alicyclic amines) is 1. The third-order valence-corrected chi connectivity index (χ3v) is 3.83. The molecule has 0 unspecified atom stereocenters. The minimum Gasteiger partial charge on any atom is -0.350 e. The summed E-state index contributed by atoms with van der Waals surface area (Å²) < 4.78 is 37.1. The number of piperidine rings is 1. The maximum absolute atomic E-state index is 12.4. The van der Waals surface area contributed by atoms with Gasteiger partial charge in [-0.25, -0.2) is 4.98 Å². The van der Waals surface area contributed by atoms with E-state index in [2.05, 4.69) is 20.5 Å². The molecule has 1 N–H and O–H groups in total. The van der Waals surface area contributed by atoms with Crippen LogP contribution in [0.15, 0.2) is 0 Å². The molecule has 1 aromatic heterocycles. The van der Waals surface area contributed by atoms with Crippen molar-refractivity contribution >= 4 is 5.95 Å². The Balaban J connectivity index is 1.88. The Morgan fingerprint density at radius 3 is 2.27 bits per heavy atom. The van der Waals surface area contributed by atoms with Crippen molar-refractivity contribution in [2.75, 3.05) is 25.0 Å². The summed E-state index contributed by atoms with van der Waals surface area (Å²) in [5.74, 6) is 0.475. The Morgan fingerprint density at radius 2 is 1.73 bits per heavy atom. The van der Waals surface area contributed by atoms with Crippen LogP contribution in [0, 0.1) is 0 Å². The summed E-state index contributed by atoms with van der Waals surface area (Å²) >= 11 is 0. The smallest absolute Gasteiger partial charge is 0.350 e. The molecule has 0 atom stereocenters. The lowest BCUT2D eigenvalue weighted by molar-refractivity contribution is -0.147. The van der Waals surface area contributed by atoms with E-state index >= 15 is 0 Å². The molecule has 0 radical (unpaired) electrons. The monoisotopic (exact) mass is 317 g/mol. The zero-order valence-corrected chi connectivity index (χ0v) is 12.9. The van der Waals surface area contributed by atoms with Gasteiger partial charge in [-0.3, -0.25) is 4.90 Å². The Hall–Kier alpha value is -1.44. The van der Waals surface area contributed by atoms with Crippen LogP contribution < -0.4 is 5.32 Å². The molecule has 0 aliphatic carbocycles. The lowest BCUT2D eigenvalue weighted by Gasteiger charge is -2.32. The largest absolute Gasteiger partial charge is 0.401 e. The molecule has 1 saturated heterocycles. The fourth-order valence-electron chi connectivity index (χ4n) is 2.67. The molecule has 1 aliphatic rings. The molecular weight excluding hydrogens is 295 g/mol. The lowest BCUT2D eigenvalue weighted by Crippen LogP contribution is -2.43. The number of nitrogens with one attached hydrogen (secondary N) is 1. The molecule has 1 fully saturated rings. The first-order valence-electron chi connectivity index (χ1n) is 7.69. The van der Waals surface area contributed by atoms with Gasteiger partial charge in [-0.05, 0) is 25.7 Å². The normalized spacial score (nSPS) is 17.7. The molecule has 2 heterocycles. The van der Waals surface area contributed by atoms with Gasteiger partial charge in [0, 0.05) is 19.1 Å². The van der Waals surface area contributed by atoms with E-state index in [1.165, 1.54) is 4.90 Å². The number of aromatic nitrogens is 3. The summed E-state index contributed by atoms with van der Waals surface area (Å²) in [6.45, 7) is 4.05. The SMILES string of the molecule is CCc1nnc(NC2CCN(CC(F)(F)F)CC2)nc1CC. The fourth-order valence-corrected chi connectivity index (χ4v) is 2.67. The number of hydrogen-bond acceptors (Lipinski definition) is 5. The summed E-state index contributed by atoms with van der Waals surface area (Å²) in [6.07, 6.45) is -1.25. The molecule has 1 aliphatic heterocycles. The molecule has 2 rings (SSSR count). The topological polar surface area (TPSA) is 53.9 Å². The van der Waals surface area contributed by atoms with Crippen LogP contribution in [-0.2, 0) is 12.8 Å². The number of alkyl halides is 3. The predicted octanol–water partition coefficient (Wildman–Crippen LogP) is 2.44. The molecule has 5 nitrogen and oxygen atoms in total. The Labute approximate surface area is 128 Å². The summed E-state index contributed by atoms with van der Waals surface area (Å²) in [4.78, 5) is 5.90. The van der Waals surface area contributed by atoms with Crippen molar-refractivity contribution in [3.8, 4) is 0 Å². The highest BCUT2D eigenvalue weighted by Crippen LogP contribution is 2.21. The second-order valence-electron chi connectivity index (χ2n) is 5.55. The van der Waals surface area contributed by atoms with Crippen LogP contribution in [-0.4, -0.2) is 51.9 Å². The molecule has 0 aromatic carbocycles.